The van der Waals surface area contributed by atoms with E-state index < -0.39 is 17.5 Å². The number of carboxylic acid groups (broad SMARTS) is 1. The molecule has 0 saturated carbocycles. The highest BCUT2D eigenvalue weighted by atomic mass is 16.5. The maximum Gasteiger partial charge on any atom is 0.303 e. The predicted molar refractivity (Wildman–Crippen MR) is 87.6 cm³/mol. The number of aliphatic carboxylic acids is 1. The molecule has 7 nitrogen and oxygen atoms in total. The van der Waals surface area contributed by atoms with Crippen LogP contribution in [0, 0.1) is 11.3 Å². The Morgan fingerprint density at radius 2 is 1.92 bits per heavy atom. The highest BCUT2D eigenvalue weighted by Crippen LogP contribution is 2.24. The van der Waals surface area contributed by atoms with Gasteiger partial charge in [-0.25, -0.2) is 4.98 Å². The fraction of sp³-hybridized carbons (Fsp3) is 0.222. The minimum atomic E-state index is -1.12. The van der Waals surface area contributed by atoms with Crippen LogP contribution in [0.25, 0.3) is 0 Å². The first-order valence-corrected chi connectivity index (χ1v) is 7.45. The summed E-state index contributed by atoms with van der Waals surface area (Å²) in [6.45, 7) is 0. The number of aromatic nitrogens is 1. The summed E-state index contributed by atoms with van der Waals surface area (Å²) in [7, 11) is 1.56. The summed E-state index contributed by atoms with van der Waals surface area (Å²) in [5.41, 5.74) is 0.964. The second-order valence-electron chi connectivity index (χ2n) is 5.31. The van der Waals surface area contributed by atoms with E-state index in [1.165, 1.54) is 6.07 Å². The molecule has 0 unspecified atom stereocenters. The standard InChI is InChI=1S/C18H16N2O5/c1-25-14-4-2-11(3-5-14)8-13-9-12(10-19)18(24)17(20-13)15(21)6-7-16(22)23/h2-5,9,24H,6-8H2,1H3,(H,22,23). The zero-order chi connectivity index (χ0) is 18.4. The Bertz CT molecular complexity index is 838. The van der Waals surface area contributed by atoms with Crippen molar-refractivity contribution in [2.45, 2.75) is 19.3 Å². The first-order chi connectivity index (χ1) is 11.9. The molecule has 2 aromatic rings. The number of rotatable bonds is 7. The smallest absolute Gasteiger partial charge is 0.303 e. The van der Waals surface area contributed by atoms with Crippen LogP contribution in [0.4, 0.5) is 0 Å². The number of nitriles is 1. The molecule has 0 aliphatic heterocycles. The number of carbonyl (C=O) groups is 2. The van der Waals surface area contributed by atoms with E-state index in [0.717, 1.165) is 5.56 Å². The van der Waals surface area contributed by atoms with Gasteiger partial charge in [-0.05, 0) is 23.8 Å². The second kappa shape index (κ2) is 7.93. The molecule has 25 heavy (non-hydrogen) atoms. The van der Waals surface area contributed by atoms with Crippen LogP contribution in [0.3, 0.4) is 0 Å². The van der Waals surface area contributed by atoms with E-state index >= 15 is 0 Å². The zero-order valence-corrected chi connectivity index (χ0v) is 13.5. The predicted octanol–water partition coefficient (Wildman–Crippen LogP) is 2.31. The number of hydrogen-bond donors (Lipinski definition) is 2. The summed E-state index contributed by atoms with van der Waals surface area (Å²) < 4.78 is 5.08. The van der Waals surface area contributed by atoms with Crippen molar-refractivity contribution in [1.29, 1.82) is 5.26 Å². The first-order valence-electron chi connectivity index (χ1n) is 7.45. The molecular formula is C18H16N2O5. The Balaban J connectivity index is 2.31. The average Bonchev–Trinajstić information content (AvgIpc) is 2.61. The van der Waals surface area contributed by atoms with Gasteiger partial charge in [-0.1, -0.05) is 12.1 Å². The van der Waals surface area contributed by atoms with Crippen molar-refractivity contribution in [1.82, 2.24) is 4.98 Å². The molecule has 0 aliphatic carbocycles. The van der Waals surface area contributed by atoms with Crippen LogP contribution in [0.2, 0.25) is 0 Å². The summed E-state index contributed by atoms with van der Waals surface area (Å²) in [6.07, 6.45) is -0.324. The van der Waals surface area contributed by atoms with E-state index in [-0.39, 0.29) is 24.1 Å². The van der Waals surface area contributed by atoms with Gasteiger partial charge in [0.05, 0.1) is 19.1 Å². The quantitative estimate of drug-likeness (QED) is 0.742. The van der Waals surface area contributed by atoms with Crippen molar-refractivity contribution < 1.29 is 24.5 Å². The van der Waals surface area contributed by atoms with E-state index in [2.05, 4.69) is 4.98 Å². The molecule has 1 heterocycles. The molecule has 0 amide bonds. The summed E-state index contributed by atoms with van der Waals surface area (Å²) in [6, 6.07) is 10.4. The van der Waals surface area contributed by atoms with Crippen molar-refractivity contribution in [2.24, 2.45) is 0 Å². The number of Topliss-reactive ketones (excluding diaryl/α,β-unsaturated/α-hetero) is 1. The molecule has 2 rings (SSSR count). The fourth-order valence-corrected chi connectivity index (χ4v) is 2.25. The molecule has 1 aromatic carbocycles. The third kappa shape index (κ3) is 4.54. The third-order valence-electron chi connectivity index (χ3n) is 3.54. The summed E-state index contributed by atoms with van der Waals surface area (Å²) in [5, 5.41) is 27.8. The van der Waals surface area contributed by atoms with Gasteiger partial charge in [-0.2, -0.15) is 5.26 Å². The van der Waals surface area contributed by atoms with Crippen LogP contribution in [0.5, 0.6) is 11.5 Å². The molecule has 0 bridgehead atoms. The molecule has 0 fully saturated rings. The highest BCUT2D eigenvalue weighted by molar-refractivity contribution is 5.98. The number of nitrogens with zero attached hydrogens (tertiary/aromatic N) is 2. The molecule has 0 saturated heterocycles. The number of pyridine rings is 1. The normalized spacial score (nSPS) is 10.1. The lowest BCUT2D eigenvalue weighted by Gasteiger charge is -2.08. The molecule has 2 N–H and O–H groups in total. The van der Waals surface area contributed by atoms with Crippen LogP contribution in [0.1, 0.15) is 40.2 Å². The number of aromatic hydroxyl groups is 1. The largest absolute Gasteiger partial charge is 0.504 e. The lowest BCUT2D eigenvalue weighted by Crippen LogP contribution is -2.09. The van der Waals surface area contributed by atoms with Crippen molar-refractivity contribution in [3.8, 4) is 17.6 Å². The molecule has 0 radical (unpaired) electrons. The van der Waals surface area contributed by atoms with Gasteiger partial charge in [0.2, 0.25) is 0 Å². The van der Waals surface area contributed by atoms with Crippen molar-refractivity contribution in [2.75, 3.05) is 7.11 Å². The molecular weight excluding hydrogens is 324 g/mol. The Morgan fingerprint density at radius 3 is 2.48 bits per heavy atom. The Hall–Kier alpha value is -3.40. The van der Waals surface area contributed by atoms with E-state index in [9.17, 15) is 14.7 Å². The Morgan fingerprint density at radius 1 is 1.24 bits per heavy atom. The van der Waals surface area contributed by atoms with Crippen LogP contribution >= 0.6 is 0 Å². The number of ketones is 1. The van der Waals surface area contributed by atoms with Gasteiger partial charge >= 0.3 is 5.97 Å². The number of ether oxygens (including phenoxy) is 1. The molecule has 0 aliphatic rings. The van der Waals surface area contributed by atoms with Crippen LogP contribution in [0.15, 0.2) is 30.3 Å². The van der Waals surface area contributed by atoms with Crippen molar-refractivity contribution in [3.05, 3.63) is 52.8 Å². The first kappa shape index (κ1) is 17.9. The monoisotopic (exact) mass is 340 g/mol. The van der Waals surface area contributed by atoms with Crippen LogP contribution < -0.4 is 4.74 Å². The SMILES string of the molecule is COc1ccc(Cc2cc(C#N)c(O)c(C(=O)CCC(=O)O)n2)cc1. The number of carbonyl (C=O) groups excluding carboxylic acids is 1. The van der Waals surface area contributed by atoms with Gasteiger partial charge in [-0.15, -0.1) is 0 Å². The van der Waals surface area contributed by atoms with Gasteiger partial charge in [0.25, 0.3) is 0 Å². The number of benzene rings is 1. The van der Waals surface area contributed by atoms with E-state index in [1.807, 2.05) is 18.2 Å². The number of hydrogen-bond acceptors (Lipinski definition) is 6. The van der Waals surface area contributed by atoms with Gasteiger partial charge in [0, 0.05) is 18.5 Å². The van der Waals surface area contributed by atoms with Gasteiger partial charge in [0.15, 0.2) is 11.5 Å². The van der Waals surface area contributed by atoms with Crippen molar-refractivity contribution >= 4 is 11.8 Å². The van der Waals surface area contributed by atoms with Crippen molar-refractivity contribution in [3.63, 3.8) is 0 Å². The molecule has 7 heteroatoms. The summed E-state index contributed by atoms with van der Waals surface area (Å²) in [5.74, 6) is -1.56. The van der Waals surface area contributed by atoms with Gasteiger partial charge in [0.1, 0.15) is 17.5 Å². The highest BCUT2D eigenvalue weighted by Gasteiger charge is 2.19. The fourth-order valence-electron chi connectivity index (χ4n) is 2.25. The summed E-state index contributed by atoms with van der Waals surface area (Å²) >= 11 is 0. The average molecular weight is 340 g/mol. The molecule has 0 atom stereocenters. The van der Waals surface area contributed by atoms with Gasteiger partial charge < -0.3 is 14.9 Å². The third-order valence-corrected chi connectivity index (χ3v) is 3.54. The minimum Gasteiger partial charge on any atom is -0.504 e. The summed E-state index contributed by atoms with van der Waals surface area (Å²) in [4.78, 5) is 26.8. The maximum atomic E-state index is 12.1. The number of carboxylic acids is 1. The zero-order valence-electron chi connectivity index (χ0n) is 13.5. The van der Waals surface area contributed by atoms with E-state index in [1.54, 1.807) is 19.2 Å². The maximum absolute atomic E-state index is 12.1. The molecule has 0 spiro atoms. The number of methoxy groups -OCH3 is 1. The van der Waals surface area contributed by atoms with Gasteiger partial charge in [-0.3, -0.25) is 9.59 Å². The van der Waals surface area contributed by atoms with Crippen LogP contribution in [-0.4, -0.2) is 34.1 Å². The lowest BCUT2D eigenvalue weighted by molar-refractivity contribution is -0.136. The second-order valence-corrected chi connectivity index (χ2v) is 5.31. The van der Waals surface area contributed by atoms with Crippen LogP contribution in [-0.2, 0) is 11.2 Å². The minimum absolute atomic E-state index is 0.0720. The van der Waals surface area contributed by atoms with E-state index in [4.69, 9.17) is 15.1 Å². The Kier molecular flexibility index (Phi) is 5.69. The molecule has 1 aromatic heterocycles. The molecule has 128 valence electrons. The lowest BCUT2D eigenvalue weighted by atomic mass is 10.0. The van der Waals surface area contributed by atoms with E-state index in [0.29, 0.717) is 17.9 Å². The topological polar surface area (TPSA) is 121 Å². The Labute approximate surface area is 144 Å².